The first kappa shape index (κ1) is 11.9. The van der Waals surface area contributed by atoms with Crippen LogP contribution in [0.1, 0.15) is 16.8 Å². The van der Waals surface area contributed by atoms with Crippen molar-refractivity contribution in [2.75, 3.05) is 6.61 Å². The standard InChI is InChI=1S/C8H12N4O5/c9-6(16)7-10-2-12(11-7)8-5(15)4(14)3(1-13)17-8/h2-5,8,13-15H,1H2,(H2,9,16)/t3-,4-,5-,8?/m1/s1. The van der Waals surface area contributed by atoms with Gasteiger partial charge in [0.15, 0.2) is 6.23 Å². The smallest absolute Gasteiger partial charge is 0.288 e. The monoisotopic (exact) mass is 244 g/mol. The zero-order valence-corrected chi connectivity index (χ0v) is 8.67. The fraction of sp³-hybridized carbons (Fsp3) is 0.625. The number of rotatable bonds is 3. The summed E-state index contributed by atoms with van der Waals surface area (Å²) in [5.41, 5.74) is 4.97. The number of hydrogen-bond acceptors (Lipinski definition) is 7. The minimum Gasteiger partial charge on any atom is -0.394 e. The Balaban J connectivity index is 2.19. The molecule has 5 N–H and O–H groups in total. The number of aliphatic hydroxyl groups is 3. The van der Waals surface area contributed by atoms with Gasteiger partial charge in [0.05, 0.1) is 6.61 Å². The van der Waals surface area contributed by atoms with Gasteiger partial charge in [-0.2, -0.15) is 0 Å². The fourth-order valence-corrected chi connectivity index (χ4v) is 1.61. The first-order valence-corrected chi connectivity index (χ1v) is 4.88. The number of amides is 1. The fourth-order valence-electron chi connectivity index (χ4n) is 1.61. The van der Waals surface area contributed by atoms with E-state index in [1.165, 1.54) is 0 Å². The molecule has 1 aromatic heterocycles. The zero-order valence-electron chi connectivity index (χ0n) is 8.67. The van der Waals surface area contributed by atoms with Crippen LogP contribution in [0.3, 0.4) is 0 Å². The van der Waals surface area contributed by atoms with E-state index in [1.54, 1.807) is 0 Å². The third kappa shape index (κ3) is 2.00. The molecule has 17 heavy (non-hydrogen) atoms. The molecular formula is C8H12N4O5. The van der Waals surface area contributed by atoms with Crippen LogP contribution in [0.25, 0.3) is 0 Å². The highest BCUT2D eigenvalue weighted by atomic mass is 16.6. The number of aliphatic hydroxyl groups excluding tert-OH is 3. The van der Waals surface area contributed by atoms with Gasteiger partial charge in [0.25, 0.3) is 5.91 Å². The van der Waals surface area contributed by atoms with E-state index in [1.807, 2.05) is 0 Å². The first-order valence-electron chi connectivity index (χ1n) is 4.88. The molecule has 1 unspecified atom stereocenters. The lowest BCUT2D eigenvalue weighted by atomic mass is 10.1. The van der Waals surface area contributed by atoms with Crippen molar-refractivity contribution >= 4 is 5.91 Å². The molecule has 0 aliphatic carbocycles. The maximum atomic E-state index is 10.8. The average molecular weight is 244 g/mol. The summed E-state index contributed by atoms with van der Waals surface area (Å²) in [5, 5.41) is 31.8. The van der Waals surface area contributed by atoms with Crippen LogP contribution in [0.4, 0.5) is 0 Å². The Kier molecular flexibility index (Phi) is 3.07. The van der Waals surface area contributed by atoms with Crippen molar-refractivity contribution in [3.8, 4) is 0 Å². The van der Waals surface area contributed by atoms with E-state index in [0.29, 0.717) is 0 Å². The SMILES string of the molecule is NC(=O)c1ncn(C2O[C@H](CO)[C@@H](O)[C@H]2O)n1. The van der Waals surface area contributed by atoms with Crippen molar-refractivity contribution in [1.82, 2.24) is 14.8 Å². The summed E-state index contributed by atoms with van der Waals surface area (Å²) in [6.07, 6.45) is -3.26. The van der Waals surface area contributed by atoms with Gasteiger partial charge in [-0.05, 0) is 0 Å². The van der Waals surface area contributed by atoms with Crippen LogP contribution < -0.4 is 5.73 Å². The van der Waals surface area contributed by atoms with Gasteiger partial charge < -0.3 is 25.8 Å². The summed E-state index contributed by atoms with van der Waals surface area (Å²) in [4.78, 5) is 14.4. The van der Waals surface area contributed by atoms with E-state index in [4.69, 9.17) is 15.6 Å². The lowest BCUT2D eigenvalue weighted by Crippen LogP contribution is -2.33. The van der Waals surface area contributed by atoms with Gasteiger partial charge in [-0.25, -0.2) is 9.67 Å². The Morgan fingerprint density at radius 3 is 2.71 bits per heavy atom. The summed E-state index contributed by atoms with van der Waals surface area (Å²) >= 11 is 0. The van der Waals surface area contributed by atoms with Crippen molar-refractivity contribution in [3.05, 3.63) is 12.2 Å². The Morgan fingerprint density at radius 1 is 1.53 bits per heavy atom. The summed E-state index contributed by atoms with van der Waals surface area (Å²) in [6.45, 7) is -0.438. The Morgan fingerprint density at radius 2 is 2.24 bits per heavy atom. The predicted octanol–water partition coefficient (Wildman–Crippen LogP) is -3.01. The van der Waals surface area contributed by atoms with E-state index in [2.05, 4.69) is 10.1 Å². The van der Waals surface area contributed by atoms with Gasteiger partial charge in [0.2, 0.25) is 5.82 Å². The second kappa shape index (κ2) is 4.37. The second-order valence-corrected chi connectivity index (χ2v) is 3.64. The van der Waals surface area contributed by atoms with Crippen molar-refractivity contribution < 1.29 is 24.9 Å². The lowest BCUT2D eigenvalue weighted by Gasteiger charge is -2.13. The molecule has 9 heteroatoms. The van der Waals surface area contributed by atoms with Crippen molar-refractivity contribution in [1.29, 1.82) is 0 Å². The van der Waals surface area contributed by atoms with Gasteiger partial charge >= 0.3 is 0 Å². The highest BCUT2D eigenvalue weighted by Crippen LogP contribution is 2.28. The lowest BCUT2D eigenvalue weighted by molar-refractivity contribution is -0.0588. The van der Waals surface area contributed by atoms with Gasteiger partial charge in [0.1, 0.15) is 24.6 Å². The average Bonchev–Trinajstić information content (AvgIpc) is 2.87. The number of aromatic nitrogens is 3. The van der Waals surface area contributed by atoms with Crippen molar-refractivity contribution in [2.45, 2.75) is 24.5 Å². The molecule has 2 heterocycles. The number of nitrogens with two attached hydrogens (primary N) is 1. The largest absolute Gasteiger partial charge is 0.394 e. The Labute approximate surface area is 95.4 Å². The third-order valence-electron chi connectivity index (χ3n) is 2.51. The molecule has 0 saturated carbocycles. The normalized spacial score (nSPS) is 32.9. The van der Waals surface area contributed by atoms with Crippen LogP contribution in [-0.4, -0.2) is 60.9 Å². The summed E-state index contributed by atoms with van der Waals surface area (Å²) in [5.74, 6) is -1.03. The quantitative estimate of drug-likeness (QED) is 0.443. The van der Waals surface area contributed by atoms with Gasteiger partial charge in [-0.1, -0.05) is 0 Å². The number of nitrogens with zero attached hydrogens (tertiary/aromatic N) is 3. The Bertz CT molecular complexity index is 422. The molecule has 4 atom stereocenters. The van der Waals surface area contributed by atoms with E-state index in [-0.39, 0.29) is 5.82 Å². The van der Waals surface area contributed by atoms with Gasteiger partial charge in [0, 0.05) is 0 Å². The van der Waals surface area contributed by atoms with Crippen LogP contribution in [0.15, 0.2) is 6.33 Å². The third-order valence-corrected chi connectivity index (χ3v) is 2.51. The molecule has 0 radical (unpaired) electrons. The molecule has 0 bridgehead atoms. The van der Waals surface area contributed by atoms with E-state index < -0.39 is 37.1 Å². The topological polar surface area (TPSA) is 144 Å². The van der Waals surface area contributed by atoms with Crippen LogP contribution >= 0.6 is 0 Å². The molecule has 0 spiro atoms. The number of primary amides is 1. The Hall–Kier alpha value is -1.55. The van der Waals surface area contributed by atoms with Crippen molar-refractivity contribution in [2.24, 2.45) is 5.73 Å². The van der Waals surface area contributed by atoms with E-state index in [9.17, 15) is 15.0 Å². The van der Waals surface area contributed by atoms with Crippen LogP contribution in [0.2, 0.25) is 0 Å². The van der Waals surface area contributed by atoms with Crippen LogP contribution in [-0.2, 0) is 4.74 Å². The maximum absolute atomic E-state index is 10.8. The summed E-state index contributed by atoms with van der Waals surface area (Å²) in [6, 6.07) is 0. The number of carbonyl (C=O) groups is 1. The number of carbonyl (C=O) groups excluding carboxylic acids is 1. The molecule has 94 valence electrons. The first-order chi connectivity index (χ1) is 8.04. The molecule has 1 aliphatic rings. The molecule has 1 fully saturated rings. The molecule has 1 amide bonds. The van der Waals surface area contributed by atoms with E-state index >= 15 is 0 Å². The number of ether oxygens (including phenoxy) is 1. The summed E-state index contributed by atoms with van der Waals surface area (Å²) in [7, 11) is 0. The second-order valence-electron chi connectivity index (χ2n) is 3.64. The maximum Gasteiger partial charge on any atom is 0.288 e. The number of hydrogen-bond donors (Lipinski definition) is 4. The predicted molar refractivity (Wildman–Crippen MR) is 51.5 cm³/mol. The molecule has 1 saturated heterocycles. The van der Waals surface area contributed by atoms with E-state index in [0.717, 1.165) is 11.0 Å². The molecule has 1 aromatic rings. The van der Waals surface area contributed by atoms with Crippen molar-refractivity contribution in [3.63, 3.8) is 0 Å². The zero-order chi connectivity index (χ0) is 12.6. The van der Waals surface area contributed by atoms with Gasteiger partial charge in [-0.3, -0.25) is 4.79 Å². The molecule has 0 aromatic carbocycles. The minimum absolute atomic E-state index is 0.220. The molecule has 2 rings (SSSR count). The molecule has 1 aliphatic heterocycles. The van der Waals surface area contributed by atoms with Gasteiger partial charge in [-0.15, -0.1) is 5.10 Å². The highest BCUT2D eigenvalue weighted by molar-refractivity contribution is 5.88. The summed E-state index contributed by atoms with van der Waals surface area (Å²) < 4.78 is 6.25. The van der Waals surface area contributed by atoms with Crippen LogP contribution in [0, 0.1) is 0 Å². The highest BCUT2D eigenvalue weighted by Gasteiger charge is 2.43. The molecule has 9 nitrogen and oxygen atoms in total. The van der Waals surface area contributed by atoms with Crippen LogP contribution in [0.5, 0.6) is 0 Å². The molecular weight excluding hydrogens is 232 g/mol. The minimum atomic E-state index is -1.27.